The Kier molecular flexibility index (Phi) is 3.56. The molecule has 1 aliphatic heterocycles. The molecule has 8 nitrogen and oxygen atoms in total. The smallest absolute Gasteiger partial charge is 0.278 e. The van der Waals surface area contributed by atoms with Crippen LogP contribution in [0.2, 0.25) is 0 Å². The Morgan fingerprint density at radius 3 is 2.77 bits per heavy atom. The Morgan fingerprint density at radius 1 is 1.35 bits per heavy atom. The summed E-state index contributed by atoms with van der Waals surface area (Å²) in [5.41, 5.74) is 0.997. The second kappa shape index (κ2) is 5.58. The standard InChI is InChI=1S/C16H14N4O4S2/c1-8-7-25-16(17-8)18-15(22)11-13(21)12-14(26(23,24)19-11)9-5-3-4-6-10(9)20(12)2/h3-7,19,21H,1-2H3,(H,17,18,22). The Morgan fingerprint density at radius 2 is 2.08 bits per heavy atom. The van der Waals surface area contributed by atoms with E-state index in [1.54, 1.807) is 48.2 Å². The maximum absolute atomic E-state index is 12.8. The van der Waals surface area contributed by atoms with Crippen LogP contribution < -0.4 is 10.0 Å². The van der Waals surface area contributed by atoms with Gasteiger partial charge >= 0.3 is 0 Å². The van der Waals surface area contributed by atoms with Gasteiger partial charge in [0.25, 0.3) is 15.9 Å². The molecule has 3 aromatic rings. The number of anilines is 1. The first-order valence-electron chi connectivity index (χ1n) is 7.57. The van der Waals surface area contributed by atoms with Gasteiger partial charge in [0.1, 0.15) is 10.6 Å². The zero-order valence-electron chi connectivity index (χ0n) is 13.8. The lowest BCUT2D eigenvalue weighted by Gasteiger charge is -2.19. The van der Waals surface area contributed by atoms with Crippen LogP contribution in [-0.2, 0) is 21.9 Å². The van der Waals surface area contributed by atoms with E-state index in [0.717, 1.165) is 5.69 Å². The van der Waals surface area contributed by atoms with Crippen molar-refractivity contribution in [3.63, 3.8) is 0 Å². The van der Waals surface area contributed by atoms with Crippen LogP contribution >= 0.6 is 11.3 Å². The molecule has 0 radical (unpaired) electrons. The van der Waals surface area contributed by atoms with E-state index in [4.69, 9.17) is 0 Å². The van der Waals surface area contributed by atoms with Crippen molar-refractivity contribution in [3.8, 4) is 0 Å². The minimum absolute atomic E-state index is 0.0465. The summed E-state index contributed by atoms with van der Waals surface area (Å²) in [6, 6.07) is 6.89. The Bertz CT molecular complexity index is 1200. The third-order valence-corrected chi connectivity index (χ3v) is 6.39. The quantitative estimate of drug-likeness (QED) is 0.620. The van der Waals surface area contributed by atoms with Gasteiger partial charge in [0.05, 0.1) is 5.69 Å². The number of aryl methyl sites for hydroxylation is 2. The van der Waals surface area contributed by atoms with Crippen molar-refractivity contribution in [2.75, 3.05) is 5.32 Å². The maximum atomic E-state index is 12.8. The molecular formula is C16H14N4O4S2. The van der Waals surface area contributed by atoms with E-state index in [1.807, 2.05) is 0 Å². The van der Waals surface area contributed by atoms with E-state index in [-0.39, 0.29) is 10.6 Å². The fraction of sp³-hybridized carbons (Fsp3) is 0.125. The van der Waals surface area contributed by atoms with Crippen molar-refractivity contribution in [1.82, 2.24) is 14.3 Å². The number of sulfonamides is 1. The van der Waals surface area contributed by atoms with Crippen LogP contribution in [0.4, 0.5) is 5.13 Å². The Labute approximate surface area is 152 Å². The number of thiazole rings is 1. The molecule has 4 rings (SSSR count). The number of fused-ring (bicyclic) bond motifs is 3. The summed E-state index contributed by atoms with van der Waals surface area (Å²) in [4.78, 5) is 16.6. The minimum atomic E-state index is -4.03. The second-order valence-electron chi connectivity index (χ2n) is 5.83. The lowest BCUT2D eigenvalue weighted by molar-refractivity contribution is -0.113. The number of aliphatic hydroxyl groups is 1. The molecule has 1 amide bonds. The molecular weight excluding hydrogens is 376 g/mol. The lowest BCUT2D eigenvalue weighted by Crippen LogP contribution is -2.35. The van der Waals surface area contributed by atoms with Gasteiger partial charge in [-0.25, -0.2) is 13.4 Å². The van der Waals surface area contributed by atoms with E-state index in [1.165, 1.54) is 11.3 Å². The SMILES string of the molecule is Cc1csc(NC(=O)C2=C(O)c3c(c4ccccc4n3C)S(=O)(=O)N2)n1. The predicted octanol–water partition coefficient (Wildman–Crippen LogP) is 2.10. The van der Waals surface area contributed by atoms with Gasteiger partial charge in [-0.2, -0.15) is 0 Å². The molecule has 2 aromatic heterocycles. The molecule has 1 aromatic carbocycles. The number of rotatable bonds is 2. The highest BCUT2D eigenvalue weighted by Crippen LogP contribution is 2.37. The number of carbonyl (C=O) groups excluding carboxylic acids is 1. The number of benzene rings is 1. The molecule has 3 heterocycles. The van der Waals surface area contributed by atoms with E-state index in [0.29, 0.717) is 16.0 Å². The van der Waals surface area contributed by atoms with Gasteiger partial charge in [-0.15, -0.1) is 11.3 Å². The first-order valence-corrected chi connectivity index (χ1v) is 9.93. The summed E-state index contributed by atoms with van der Waals surface area (Å²) in [6.45, 7) is 1.77. The van der Waals surface area contributed by atoms with Crippen LogP contribution in [0.1, 0.15) is 11.4 Å². The molecule has 0 fully saturated rings. The van der Waals surface area contributed by atoms with E-state index in [9.17, 15) is 18.3 Å². The van der Waals surface area contributed by atoms with E-state index >= 15 is 0 Å². The van der Waals surface area contributed by atoms with Gasteiger partial charge in [-0.1, -0.05) is 18.2 Å². The predicted molar refractivity (Wildman–Crippen MR) is 98.3 cm³/mol. The maximum Gasteiger partial charge on any atom is 0.278 e. The van der Waals surface area contributed by atoms with Crippen LogP contribution in [-0.4, -0.2) is 29.0 Å². The summed E-state index contributed by atoms with van der Waals surface area (Å²) in [5, 5.41) is 15.7. The normalized spacial score (nSPS) is 15.6. The van der Waals surface area contributed by atoms with Gasteiger partial charge in [0.2, 0.25) is 0 Å². The van der Waals surface area contributed by atoms with Crippen LogP contribution in [0.15, 0.2) is 40.2 Å². The molecule has 0 spiro atoms. The largest absolute Gasteiger partial charge is 0.504 e. The molecule has 0 bridgehead atoms. The van der Waals surface area contributed by atoms with Crippen LogP contribution in [0.3, 0.4) is 0 Å². The molecule has 0 saturated heterocycles. The molecule has 0 unspecified atom stereocenters. The number of nitrogens with zero attached hydrogens (tertiary/aromatic N) is 2. The average molecular weight is 390 g/mol. The number of nitrogens with one attached hydrogen (secondary N) is 2. The van der Waals surface area contributed by atoms with Gasteiger partial charge in [0, 0.05) is 23.3 Å². The van der Waals surface area contributed by atoms with Crippen LogP contribution in [0.5, 0.6) is 0 Å². The summed E-state index contributed by atoms with van der Waals surface area (Å²) in [5.74, 6) is -1.21. The van der Waals surface area contributed by atoms with Crippen LogP contribution in [0, 0.1) is 6.92 Å². The number of aliphatic hydroxyl groups excluding tert-OH is 1. The van der Waals surface area contributed by atoms with Crippen molar-refractivity contribution >= 4 is 49.1 Å². The number of aromatic nitrogens is 2. The molecule has 0 aliphatic carbocycles. The number of hydrogen-bond donors (Lipinski definition) is 3. The Balaban J connectivity index is 1.89. The fourth-order valence-electron chi connectivity index (χ4n) is 2.97. The number of hydrogen-bond acceptors (Lipinski definition) is 6. The van der Waals surface area contributed by atoms with E-state index in [2.05, 4.69) is 15.0 Å². The number of amides is 1. The molecule has 26 heavy (non-hydrogen) atoms. The first-order chi connectivity index (χ1) is 12.3. The van der Waals surface area contributed by atoms with Crippen molar-refractivity contribution in [2.45, 2.75) is 11.8 Å². The van der Waals surface area contributed by atoms with Crippen molar-refractivity contribution in [1.29, 1.82) is 0 Å². The third kappa shape index (κ3) is 2.37. The molecule has 0 atom stereocenters. The molecule has 10 heteroatoms. The Hall–Kier alpha value is -2.85. The van der Waals surface area contributed by atoms with E-state index < -0.39 is 27.4 Å². The minimum Gasteiger partial charge on any atom is -0.504 e. The zero-order valence-corrected chi connectivity index (χ0v) is 15.4. The molecule has 3 N–H and O–H groups in total. The van der Waals surface area contributed by atoms with Gasteiger partial charge in [0.15, 0.2) is 16.6 Å². The van der Waals surface area contributed by atoms with Gasteiger partial charge in [-0.05, 0) is 13.0 Å². The topological polar surface area (TPSA) is 113 Å². The van der Waals surface area contributed by atoms with Gasteiger partial charge < -0.3 is 9.67 Å². The lowest BCUT2D eigenvalue weighted by atomic mass is 10.2. The summed E-state index contributed by atoms with van der Waals surface area (Å²) >= 11 is 1.21. The monoisotopic (exact) mass is 390 g/mol. The zero-order chi connectivity index (χ0) is 18.6. The third-order valence-electron chi connectivity index (χ3n) is 4.09. The summed E-state index contributed by atoms with van der Waals surface area (Å²) in [7, 11) is -2.39. The summed E-state index contributed by atoms with van der Waals surface area (Å²) in [6.07, 6.45) is 0. The first kappa shape index (κ1) is 16.6. The summed E-state index contributed by atoms with van der Waals surface area (Å²) < 4.78 is 29.2. The molecule has 134 valence electrons. The second-order valence-corrected chi connectivity index (χ2v) is 8.31. The number of para-hydroxylation sites is 1. The van der Waals surface area contributed by atoms with Crippen LogP contribution in [0.25, 0.3) is 16.7 Å². The van der Waals surface area contributed by atoms with Gasteiger partial charge in [-0.3, -0.25) is 14.8 Å². The fourth-order valence-corrected chi connectivity index (χ4v) is 5.17. The highest BCUT2D eigenvalue weighted by molar-refractivity contribution is 7.90. The average Bonchev–Trinajstić information content (AvgIpc) is 3.13. The van der Waals surface area contributed by atoms with Crippen molar-refractivity contribution < 1.29 is 18.3 Å². The van der Waals surface area contributed by atoms with Crippen molar-refractivity contribution in [2.24, 2.45) is 7.05 Å². The molecule has 1 aliphatic rings. The highest BCUT2D eigenvalue weighted by Gasteiger charge is 2.37. The number of carbonyl (C=O) groups is 1. The van der Waals surface area contributed by atoms with Crippen molar-refractivity contribution in [3.05, 3.63) is 46.7 Å². The highest BCUT2D eigenvalue weighted by atomic mass is 32.2. The molecule has 0 saturated carbocycles.